The van der Waals surface area contributed by atoms with E-state index >= 15 is 0 Å². The second-order valence-electron chi connectivity index (χ2n) is 5.07. The van der Waals surface area contributed by atoms with Crippen molar-refractivity contribution >= 4 is 0 Å². The van der Waals surface area contributed by atoms with E-state index in [4.69, 9.17) is 6.42 Å². The Labute approximate surface area is 95.0 Å². The molecular formula is C14H25N. The van der Waals surface area contributed by atoms with E-state index < -0.39 is 0 Å². The molecule has 1 N–H and O–H groups in total. The quantitative estimate of drug-likeness (QED) is 0.682. The summed E-state index contributed by atoms with van der Waals surface area (Å²) in [5.74, 6) is 2.77. The second-order valence-corrected chi connectivity index (χ2v) is 5.07. The fraction of sp³-hybridized carbons (Fsp3) is 0.857. The zero-order chi connectivity index (χ0) is 11.1. The summed E-state index contributed by atoms with van der Waals surface area (Å²) in [6.45, 7) is 5.69. The van der Waals surface area contributed by atoms with Crippen molar-refractivity contribution in [2.45, 2.75) is 64.8 Å². The number of nitrogens with one attached hydrogen (secondary N) is 1. The topological polar surface area (TPSA) is 12.0 Å². The van der Waals surface area contributed by atoms with Gasteiger partial charge in [0.2, 0.25) is 0 Å². The van der Waals surface area contributed by atoms with E-state index in [-0.39, 0.29) is 0 Å². The normalized spacial score (nSPS) is 21.9. The van der Waals surface area contributed by atoms with Gasteiger partial charge in [-0.1, -0.05) is 33.1 Å². The molecule has 0 bridgehead atoms. The van der Waals surface area contributed by atoms with Crippen molar-refractivity contribution in [3.63, 3.8) is 0 Å². The zero-order valence-corrected chi connectivity index (χ0v) is 10.3. The van der Waals surface area contributed by atoms with Gasteiger partial charge in [0.05, 0.1) is 0 Å². The lowest BCUT2D eigenvalue weighted by Crippen LogP contribution is -2.44. The van der Waals surface area contributed by atoms with Crippen LogP contribution in [0.2, 0.25) is 0 Å². The van der Waals surface area contributed by atoms with Gasteiger partial charge in [-0.3, -0.25) is 0 Å². The molecular weight excluding hydrogens is 182 g/mol. The average Bonchev–Trinajstić information content (AvgIpc) is 2.25. The molecule has 1 rings (SSSR count). The van der Waals surface area contributed by atoms with Crippen molar-refractivity contribution in [3.8, 4) is 12.3 Å². The van der Waals surface area contributed by atoms with Crippen molar-refractivity contribution in [3.05, 3.63) is 0 Å². The zero-order valence-electron chi connectivity index (χ0n) is 10.3. The van der Waals surface area contributed by atoms with E-state index in [0.29, 0.717) is 11.5 Å². The van der Waals surface area contributed by atoms with E-state index in [1.54, 1.807) is 0 Å². The molecule has 1 nitrogen and oxygen atoms in total. The minimum atomic E-state index is 0.491. The Morgan fingerprint density at radius 1 is 1.33 bits per heavy atom. The van der Waals surface area contributed by atoms with Crippen molar-refractivity contribution in [2.24, 2.45) is 5.41 Å². The van der Waals surface area contributed by atoms with Gasteiger partial charge in [0.1, 0.15) is 0 Å². The minimum absolute atomic E-state index is 0.491. The van der Waals surface area contributed by atoms with Crippen LogP contribution in [0.4, 0.5) is 0 Å². The van der Waals surface area contributed by atoms with Gasteiger partial charge in [0, 0.05) is 12.5 Å². The maximum Gasteiger partial charge on any atom is 0.0130 e. The van der Waals surface area contributed by atoms with Gasteiger partial charge in [-0.15, -0.1) is 12.3 Å². The molecule has 1 aliphatic carbocycles. The Kier molecular flexibility index (Phi) is 5.19. The van der Waals surface area contributed by atoms with E-state index in [0.717, 1.165) is 19.4 Å². The van der Waals surface area contributed by atoms with Crippen LogP contribution in [-0.4, -0.2) is 12.6 Å². The van der Waals surface area contributed by atoms with Crippen LogP contribution in [0.15, 0.2) is 0 Å². The highest BCUT2D eigenvalue weighted by atomic mass is 14.9. The van der Waals surface area contributed by atoms with Crippen molar-refractivity contribution < 1.29 is 0 Å². The summed E-state index contributed by atoms with van der Waals surface area (Å²) < 4.78 is 0. The summed E-state index contributed by atoms with van der Waals surface area (Å²) in [5, 5.41) is 3.63. The van der Waals surface area contributed by atoms with Gasteiger partial charge in [-0.2, -0.15) is 0 Å². The standard InChI is InChI=1S/C14H25N/c1-4-6-10-13(15-5-2)14(3)11-8-7-9-12-14/h1,13,15H,5-12H2,2-3H3. The predicted octanol–water partition coefficient (Wildman–Crippen LogP) is 3.35. The molecule has 1 unspecified atom stereocenters. The number of hydrogen-bond acceptors (Lipinski definition) is 1. The molecule has 0 aromatic heterocycles. The van der Waals surface area contributed by atoms with Crippen LogP contribution in [0, 0.1) is 17.8 Å². The second kappa shape index (κ2) is 6.18. The van der Waals surface area contributed by atoms with E-state index in [9.17, 15) is 0 Å². The molecule has 0 amide bonds. The molecule has 1 saturated carbocycles. The number of rotatable bonds is 5. The first kappa shape index (κ1) is 12.6. The highest BCUT2D eigenvalue weighted by molar-refractivity contribution is 4.93. The lowest BCUT2D eigenvalue weighted by Gasteiger charge is -2.41. The molecule has 15 heavy (non-hydrogen) atoms. The molecule has 0 aromatic rings. The summed E-state index contributed by atoms with van der Waals surface area (Å²) in [6.07, 6.45) is 14.4. The Bertz CT molecular complexity index is 208. The lowest BCUT2D eigenvalue weighted by atomic mass is 9.69. The van der Waals surface area contributed by atoms with Crippen molar-refractivity contribution in [2.75, 3.05) is 6.54 Å². The van der Waals surface area contributed by atoms with E-state index in [1.165, 1.54) is 32.1 Å². The Morgan fingerprint density at radius 2 is 2.00 bits per heavy atom. The third kappa shape index (κ3) is 3.54. The fourth-order valence-corrected chi connectivity index (χ4v) is 2.88. The molecule has 1 atom stereocenters. The Hall–Kier alpha value is -0.480. The fourth-order valence-electron chi connectivity index (χ4n) is 2.88. The molecule has 1 heteroatoms. The molecule has 0 aliphatic heterocycles. The molecule has 1 aliphatic rings. The number of terminal acetylenes is 1. The van der Waals surface area contributed by atoms with Gasteiger partial charge in [0.15, 0.2) is 0 Å². The van der Waals surface area contributed by atoms with Crippen LogP contribution in [0.1, 0.15) is 58.8 Å². The third-order valence-electron chi connectivity index (χ3n) is 3.86. The van der Waals surface area contributed by atoms with Gasteiger partial charge < -0.3 is 5.32 Å². The largest absolute Gasteiger partial charge is 0.314 e. The molecule has 0 saturated heterocycles. The first-order valence-corrected chi connectivity index (χ1v) is 6.40. The van der Waals surface area contributed by atoms with Crippen LogP contribution in [0.25, 0.3) is 0 Å². The van der Waals surface area contributed by atoms with Crippen LogP contribution < -0.4 is 5.32 Å². The van der Waals surface area contributed by atoms with Crippen molar-refractivity contribution in [1.82, 2.24) is 5.32 Å². The van der Waals surface area contributed by atoms with Gasteiger partial charge in [-0.25, -0.2) is 0 Å². The van der Waals surface area contributed by atoms with Crippen LogP contribution >= 0.6 is 0 Å². The summed E-state index contributed by atoms with van der Waals surface area (Å²) in [4.78, 5) is 0. The lowest BCUT2D eigenvalue weighted by molar-refractivity contribution is 0.140. The molecule has 0 aromatic carbocycles. The maximum atomic E-state index is 5.37. The third-order valence-corrected chi connectivity index (χ3v) is 3.86. The predicted molar refractivity (Wildman–Crippen MR) is 66.7 cm³/mol. The highest BCUT2D eigenvalue weighted by Crippen LogP contribution is 2.40. The number of hydrogen-bond donors (Lipinski definition) is 1. The van der Waals surface area contributed by atoms with E-state index in [2.05, 4.69) is 25.1 Å². The van der Waals surface area contributed by atoms with Gasteiger partial charge >= 0.3 is 0 Å². The molecule has 0 heterocycles. The summed E-state index contributed by atoms with van der Waals surface area (Å²) in [5.41, 5.74) is 0.491. The SMILES string of the molecule is C#CCCC(NCC)C1(C)CCCCC1. The van der Waals surface area contributed by atoms with Gasteiger partial charge in [0.25, 0.3) is 0 Å². The first-order valence-electron chi connectivity index (χ1n) is 6.40. The minimum Gasteiger partial charge on any atom is -0.314 e. The maximum absolute atomic E-state index is 5.37. The molecule has 1 fully saturated rings. The Balaban J connectivity index is 2.55. The summed E-state index contributed by atoms with van der Waals surface area (Å²) in [6, 6.07) is 0.624. The van der Waals surface area contributed by atoms with Crippen LogP contribution in [-0.2, 0) is 0 Å². The monoisotopic (exact) mass is 207 g/mol. The van der Waals surface area contributed by atoms with E-state index in [1.807, 2.05) is 0 Å². The van der Waals surface area contributed by atoms with Crippen LogP contribution in [0.5, 0.6) is 0 Å². The molecule has 86 valence electrons. The van der Waals surface area contributed by atoms with Crippen LogP contribution in [0.3, 0.4) is 0 Å². The van der Waals surface area contributed by atoms with Gasteiger partial charge in [-0.05, 0) is 31.2 Å². The van der Waals surface area contributed by atoms with Crippen molar-refractivity contribution in [1.29, 1.82) is 0 Å². The summed E-state index contributed by atoms with van der Waals surface area (Å²) in [7, 11) is 0. The molecule has 0 radical (unpaired) electrons. The average molecular weight is 207 g/mol. The smallest absolute Gasteiger partial charge is 0.0130 e. The highest BCUT2D eigenvalue weighted by Gasteiger charge is 2.34. The first-order chi connectivity index (χ1) is 7.23. The summed E-state index contributed by atoms with van der Waals surface area (Å²) >= 11 is 0. The molecule has 0 spiro atoms. The Morgan fingerprint density at radius 3 is 2.53 bits per heavy atom.